The van der Waals surface area contributed by atoms with Crippen LogP contribution in [0, 0.1) is 0 Å². The maximum Gasteiger partial charge on any atom is 0.251 e. The summed E-state index contributed by atoms with van der Waals surface area (Å²) in [6.07, 6.45) is 1.44. The first-order valence-corrected chi connectivity index (χ1v) is 5.85. The Kier molecular flexibility index (Phi) is 2.02. The molecule has 2 aromatic heterocycles. The Balaban J connectivity index is 2.58. The molecule has 0 saturated heterocycles. The Hall–Kier alpha value is -2.14. The van der Waals surface area contributed by atoms with Gasteiger partial charge in [-0.25, -0.2) is 4.98 Å². The van der Waals surface area contributed by atoms with Gasteiger partial charge in [-0.2, -0.15) is 0 Å². The maximum absolute atomic E-state index is 11.4. The van der Waals surface area contributed by atoms with Crippen LogP contribution in [0.2, 0.25) is 0 Å². The molecule has 0 aliphatic carbocycles. The molecule has 0 spiro atoms. The van der Waals surface area contributed by atoms with E-state index in [1.165, 1.54) is 17.5 Å². The summed E-state index contributed by atoms with van der Waals surface area (Å²) in [5.74, 6) is -0.0449. The average Bonchev–Trinajstić information content (AvgIpc) is 2.68. The van der Waals surface area contributed by atoms with Crippen molar-refractivity contribution < 1.29 is 4.79 Å². The van der Waals surface area contributed by atoms with Gasteiger partial charge in [-0.15, -0.1) is 11.3 Å². The standard InChI is InChI=1S/C12H9N3OS/c13-11-9-6-3-1-2-4-8(6)17-10(9)7(5-15-11)12(14)16/h1-5H,(H2,13,15)(H2,14,16). The first-order chi connectivity index (χ1) is 8.18. The van der Waals surface area contributed by atoms with Gasteiger partial charge in [0.2, 0.25) is 0 Å². The number of nitrogens with zero attached hydrogens (tertiary/aromatic N) is 1. The Labute approximate surface area is 101 Å². The molecule has 1 aromatic carbocycles. The fourth-order valence-electron chi connectivity index (χ4n) is 1.92. The fraction of sp³-hybridized carbons (Fsp3) is 0. The van der Waals surface area contributed by atoms with Crippen LogP contribution in [0.15, 0.2) is 30.5 Å². The molecule has 84 valence electrons. The quantitative estimate of drug-likeness (QED) is 0.686. The van der Waals surface area contributed by atoms with E-state index in [-0.39, 0.29) is 0 Å². The summed E-state index contributed by atoms with van der Waals surface area (Å²) < 4.78 is 1.89. The monoisotopic (exact) mass is 243 g/mol. The number of fused-ring (bicyclic) bond motifs is 3. The highest BCUT2D eigenvalue weighted by molar-refractivity contribution is 7.26. The zero-order valence-electron chi connectivity index (χ0n) is 8.81. The van der Waals surface area contributed by atoms with E-state index >= 15 is 0 Å². The van der Waals surface area contributed by atoms with E-state index in [2.05, 4.69) is 4.98 Å². The van der Waals surface area contributed by atoms with Gasteiger partial charge in [0.05, 0.1) is 10.3 Å². The van der Waals surface area contributed by atoms with E-state index < -0.39 is 5.91 Å². The van der Waals surface area contributed by atoms with Crippen LogP contribution in [0.3, 0.4) is 0 Å². The van der Waals surface area contributed by atoms with Gasteiger partial charge in [-0.3, -0.25) is 4.79 Å². The molecule has 0 aliphatic rings. The Morgan fingerprint density at radius 3 is 2.82 bits per heavy atom. The van der Waals surface area contributed by atoms with Crippen LogP contribution in [0.1, 0.15) is 10.4 Å². The second-order valence-corrected chi connectivity index (χ2v) is 4.78. The van der Waals surface area contributed by atoms with Crippen LogP contribution < -0.4 is 11.5 Å². The van der Waals surface area contributed by atoms with E-state index in [4.69, 9.17) is 11.5 Å². The molecule has 4 nitrogen and oxygen atoms in total. The van der Waals surface area contributed by atoms with Crippen LogP contribution in [-0.4, -0.2) is 10.9 Å². The number of benzene rings is 1. The van der Waals surface area contributed by atoms with Crippen molar-refractivity contribution in [3.05, 3.63) is 36.0 Å². The summed E-state index contributed by atoms with van der Waals surface area (Å²) in [7, 11) is 0. The molecule has 4 N–H and O–H groups in total. The normalized spacial score (nSPS) is 11.1. The van der Waals surface area contributed by atoms with Crippen molar-refractivity contribution >= 4 is 43.2 Å². The number of aromatic nitrogens is 1. The summed E-state index contributed by atoms with van der Waals surface area (Å²) in [5.41, 5.74) is 11.6. The lowest BCUT2D eigenvalue weighted by molar-refractivity contribution is 0.100. The van der Waals surface area contributed by atoms with Crippen molar-refractivity contribution in [2.75, 3.05) is 5.73 Å². The number of amides is 1. The third-order valence-electron chi connectivity index (χ3n) is 2.69. The molecule has 0 radical (unpaired) electrons. The molecule has 0 atom stereocenters. The van der Waals surface area contributed by atoms with Gasteiger partial charge in [-0.1, -0.05) is 18.2 Å². The molecule has 5 heteroatoms. The number of nitrogen functional groups attached to an aromatic ring is 1. The van der Waals surface area contributed by atoms with Gasteiger partial charge in [0.15, 0.2) is 0 Å². The highest BCUT2D eigenvalue weighted by atomic mass is 32.1. The van der Waals surface area contributed by atoms with Crippen molar-refractivity contribution in [3.63, 3.8) is 0 Å². The second-order valence-electron chi connectivity index (χ2n) is 3.72. The molecule has 17 heavy (non-hydrogen) atoms. The number of hydrogen-bond donors (Lipinski definition) is 2. The number of primary amides is 1. The van der Waals surface area contributed by atoms with Crippen LogP contribution in [-0.2, 0) is 0 Å². The smallest absolute Gasteiger partial charge is 0.251 e. The van der Waals surface area contributed by atoms with Crippen molar-refractivity contribution in [1.82, 2.24) is 4.98 Å². The van der Waals surface area contributed by atoms with Gasteiger partial charge in [-0.05, 0) is 6.07 Å². The van der Waals surface area contributed by atoms with Crippen molar-refractivity contribution in [2.45, 2.75) is 0 Å². The van der Waals surface area contributed by atoms with E-state index in [1.807, 2.05) is 24.3 Å². The number of thiophene rings is 1. The minimum absolute atomic E-state index is 0.426. The number of pyridine rings is 1. The highest BCUT2D eigenvalue weighted by Gasteiger charge is 2.15. The van der Waals surface area contributed by atoms with Gasteiger partial charge in [0, 0.05) is 21.7 Å². The van der Waals surface area contributed by atoms with Gasteiger partial charge in [0.25, 0.3) is 5.91 Å². The first-order valence-electron chi connectivity index (χ1n) is 5.04. The Bertz CT molecular complexity index is 748. The SMILES string of the molecule is NC(=O)c1cnc(N)c2c1sc1ccccc12. The van der Waals surface area contributed by atoms with Gasteiger partial charge in [0.1, 0.15) is 5.82 Å². The maximum atomic E-state index is 11.4. The lowest BCUT2D eigenvalue weighted by Crippen LogP contribution is -2.11. The highest BCUT2D eigenvalue weighted by Crippen LogP contribution is 2.37. The van der Waals surface area contributed by atoms with Crippen molar-refractivity contribution in [2.24, 2.45) is 5.73 Å². The van der Waals surface area contributed by atoms with Crippen LogP contribution >= 0.6 is 11.3 Å². The summed E-state index contributed by atoms with van der Waals surface area (Å²) in [5, 5.41) is 1.84. The largest absolute Gasteiger partial charge is 0.383 e. The molecule has 0 saturated carbocycles. The molecule has 0 aliphatic heterocycles. The third kappa shape index (κ3) is 1.36. The number of carbonyl (C=O) groups excluding carboxylic acids is 1. The predicted octanol–water partition coefficient (Wildman–Crippen LogP) is 2.13. The zero-order chi connectivity index (χ0) is 12.0. The summed E-state index contributed by atoms with van der Waals surface area (Å²) >= 11 is 1.51. The molecule has 1 amide bonds. The lowest BCUT2D eigenvalue weighted by Gasteiger charge is -2.00. The number of rotatable bonds is 1. The van der Waals surface area contributed by atoms with E-state index in [9.17, 15) is 4.79 Å². The zero-order valence-corrected chi connectivity index (χ0v) is 9.62. The topological polar surface area (TPSA) is 82.0 Å². The molecular weight excluding hydrogens is 234 g/mol. The number of carbonyl (C=O) groups is 1. The second kappa shape index (κ2) is 3.43. The molecule has 2 heterocycles. The summed E-state index contributed by atoms with van der Waals surface area (Å²) in [4.78, 5) is 15.4. The third-order valence-corrected chi connectivity index (χ3v) is 3.90. The average molecular weight is 243 g/mol. The minimum atomic E-state index is -0.478. The Morgan fingerprint density at radius 1 is 1.29 bits per heavy atom. The molecule has 3 aromatic rings. The number of nitrogens with two attached hydrogens (primary N) is 2. The summed E-state index contributed by atoms with van der Waals surface area (Å²) in [6.45, 7) is 0. The van der Waals surface area contributed by atoms with E-state index in [0.717, 1.165) is 20.2 Å². The van der Waals surface area contributed by atoms with E-state index in [1.54, 1.807) is 0 Å². The number of anilines is 1. The van der Waals surface area contributed by atoms with Crippen LogP contribution in [0.4, 0.5) is 5.82 Å². The predicted molar refractivity (Wildman–Crippen MR) is 70.1 cm³/mol. The minimum Gasteiger partial charge on any atom is -0.383 e. The van der Waals surface area contributed by atoms with Gasteiger partial charge >= 0.3 is 0 Å². The molecular formula is C12H9N3OS. The fourth-order valence-corrected chi connectivity index (χ4v) is 3.15. The lowest BCUT2D eigenvalue weighted by atomic mass is 10.1. The van der Waals surface area contributed by atoms with Crippen molar-refractivity contribution in [3.8, 4) is 0 Å². The van der Waals surface area contributed by atoms with Crippen LogP contribution in [0.5, 0.6) is 0 Å². The van der Waals surface area contributed by atoms with Crippen molar-refractivity contribution in [1.29, 1.82) is 0 Å². The van der Waals surface area contributed by atoms with Crippen LogP contribution in [0.25, 0.3) is 20.2 Å². The molecule has 0 bridgehead atoms. The Morgan fingerprint density at radius 2 is 2.06 bits per heavy atom. The van der Waals surface area contributed by atoms with Gasteiger partial charge < -0.3 is 11.5 Å². The number of hydrogen-bond acceptors (Lipinski definition) is 4. The van der Waals surface area contributed by atoms with E-state index in [0.29, 0.717) is 11.4 Å². The molecule has 3 rings (SSSR count). The summed E-state index contributed by atoms with van der Waals surface area (Å²) in [6, 6.07) is 7.84. The molecule has 0 fully saturated rings. The first kappa shape index (κ1) is 10.0. The molecule has 0 unspecified atom stereocenters.